The Morgan fingerprint density at radius 2 is 1.76 bits per heavy atom. The van der Waals surface area contributed by atoms with Crippen molar-refractivity contribution < 1.29 is 17.9 Å². The lowest BCUT2D eigenvalue weighted by Crippen LogP contribution is -2.22. The smallest absolute Gasteiger partial charge is 0.271 e. The summed E-state index contributed by atoms with van der Waals surface area (Å²) in [6.07, 6.45) is 1.76. The number of aromatic nitrogens is 2. The lowest BCUT2D eigenvalue weighted by Gasteiger charge is -2.28. The van der Waals surface area contributed by atoms with Gasteiger partial charge in [-0.1, -0.05) is 30.3 Å². The Labute approximate surface area is 145 Å². The van der Waals surface area contributed by atoms with Crippen molar-refractivity contribution >= 4 is 9.84 Å². The van der Waals surface area contributed by atoms with Gasteiger partial charge in [0.15, 0.2) is 0 Å². The van der Waals surface area contributed by atoms with Crippen LogP contribution in [-0.4, -0.2) is 24.6 Å². The molecule has 0 fully saturated rings. The van der Waals surface area contributed by atoms with Crippen LogP contribution in [0.2, 0.25) is 0 Å². The summed E-state index contributed by atoms with van der Waals surface area (Å²) >= 11 is 0. The first kappa shape index (κ1) is 15.6. The van der Waals surface area contributed by atoms with Gasteiger partial charge >= 0.3 is 0 Å². The van der Waals surface area contributed by atoms with Crippen LogP contribution in [0.5, 0.6) is 11.5 Å². The van der Waals surface area contributed by atoms with Crippen molar-refractivity contribution in [1.29, 1.82) is 0 Å². The summed E-state index contributed by atoms with van der Waals surface area (Å²) in [5.41, 5.74) is 1.78. The van der Waals surface area contributed by atoms with Crippen LogP contribution in [0, 0.1) is 0 Å². The number of hydrogen-bond acceptors (Lipinski definition) is 6. The van der Waals surface area contributed by atoms with Crippen molar-refractivity contribution in [2.45, 2.75) is 11.4 Å². The fourth-order valence-corrected chi connectivity index (χ4v) is 3.10. The van der Waals surface area contributed by atoms with E-state index in [-0.39, 0.29) is 5.16 Å². The van der Waals surface area contributed by atoms with Crippen LogP contribution in [-0.2, 0) is 9.84 Å². The number of rotatable bonds is 3. The number of benzene rings is 2. The number of nitrogens with zero attached hydrogens (tertiary/aromatic N) is 2. The Bertz CT molecular complexity index is 1030. The average Bonchev–Trinajstić information content (AvgIpc) is 2.61. The quantitative estimate of drug-likeness (QED) is 0.673. The SMILES string of the molecule is CS(=O)(=O)c1ncc2c(n1)-c1ccccc1OC2Oc1ccccc1. The zero-order valence-electron chi connectivity index (χ0n) is 13.3. The zero-order valence-corrected chi connectivity index (χ0v) is 14.1. The molecule has 0 spiro atoms. The van der Waals surface area contributed by atoms with Crippen LogP contribution in [0.4, 0.5) is 0 Å². The predicted molar refractivity (Wildman–Crippen MR) is 91.0 cm³/mol. The summed E-state index contributed by atoms with van der Waals surface area (Å²) in [4.78, 5) is 8.23. The maximum absolute atomic E-state index is 11.8. The van der Waals surface area contributed by atoms with Crippen molar-refractivity contribution in [3.63, 3.8) is 0 Å². The van der Waals surface area contributed by atoms with Crippen LogP contribution in [0.15, 0.2) is 66.0 Å². The normalized spacial score (nSPS) is 15.6. The first-order valence-electron chi connectivity index (χ1n) is 7.57. The standard InChI is InChI=1S/C18H14N2O4S/c1-25(21,22)18-19-11-14-16(20-18)13-9-5-6-10-15(13)24-17(14)23-12-7-3-2-4-8-12/h2-11,17H,1H3. The number of fused-ring (bicyclic) bond motifs is 3. The van der Waals surface area contributed by atoms with E-state index in [1.54, 1.807) is 6.07 Å². The number of hydrogen-bond donors (Lipinski definition) is 0. The van der Waals surface area contributed by atoms with Gasteiger partial charge in [0.05, 0.1) is 11.3 Å². The minimum atomic E-state index is -3.52. The van der Waals surface area contributed by atoms with E-state index in [2.05, 4.69) is 9.97 Å². The second kappa shape index (κ2) is 5.86. The highest BCUT2D eigenvalue weighted by Crippen LogP contribution is 2.41. The topological polar surface area (TPSA) is 78.4 Å². The van der Waals surface area contributed by atoms with Crippen molar-refractivity contribution in [2.24, 2.45) is 0 Å². The van der Waals surface area contributed by atoms with Crippen LogP contribution in [0.3, 0.4) is 0 Å². The first-order valence-corrected chi connectivity index (χ1v) is 9.46. The predicted octanol–water partition coefficient (Wildman–Crippen LogP) is 3.02. The maximum Gasteiger partial charge on any atom is 0.271 e. The zero-order chi connectivity index (χ0) is 17.4. The van der Waals surface area contributed by atoms with E-state index >= 15 is 0 Å². The first-order chi connectivity index (χ1) is 12.0. The third-order valence-corrected chi connectivity index (χ3v) is 4.60. The molecular weight excluding hydrogens is 340 g/mol. The highest BCUT2D eigenvalue weighted by Gasteiger charge is 2.30. The Hall–Kier alpha value is -2.93. The molecule has 126 valence electrons. The minimum Gasteiger partial charge on any atom is -0.450 e. The molecule has 7 heteroatoms. The van der Waals surface area contributed by atoms with E-state index < -0.39 is 16.1 Å². The molecule has 0 N–H and O–H groups in total. The molecular formula is C18H14N2O4S. The van der Waals surface area contributed by atoms with Crippen LogP contribution in [0.1, 0.15) is 11.9 Å². The highest BCUT2D eigenvalue weighted by atomic mass is 32.2. The molecule has 25 heavy (non-hydrogen) atoms. The Kier molecular flexibility index (Phi) is 3.65. The molecule has 1 aromatic heterocycles. The fourth-order valence-electron chi connectivity index (χ4n) is 2.60. The van der Waals surface area contributed by atoms with E-state index in [0.717, 1.165) is 6.26 Å². The van der Waals surface area contributed by atoms with Crippen LogP contribution < -0.4 is 9.47 Å². The summed E-state index contributed by atoms with van der Waals surface area (Å²) in [7, 11) is -3.52. The van der Waals surface area contributed by atoms with Crippen molar-refractivity contribution in [3.05, 3.63) is 66.4 Å². The van der Waals surface area contributed by atoms with Gasteiger partial charge in [-0.05, 0) is 24.3 Å². The Morgan fingerprint density at radius 3 is 2.52 bits per heavy atom. The molecule has 0 saturated carbocycles. The van der Waals surface area contributed by atoms with E-state index in [1.165, 1.54) is 6.20 Å². The average molecular weight is 354 g/mol. The van der Waals surface area contributed by atoms with E-state index in [4.69, 9.17) is 9.47 Å². The van der Waals surface area contributed by atoms with Gasteiger partial charge in [-0.2, -0.15) is 0 Å². The fraction of sp³-hybridized carbons (Fsp3) is 0.111. The van der Waals surface area contributed by atoms with E-state index in [9.17, 15) is 8.42 Å². The largest absolute Gasteiger partial charge is 0.450 e. The highest BCUT2D eigenvalue weighted by molar-refractivity contribution is 7.90. The second-order valence-electron chi connectivity index (χ2n) is 5.61. The van der Waals surface area contributed by atoms with Crippen molar-refractivity contribution in [1.82, 2.24) is 9.97 Å². The number of ether oxygens (including phenoxy) is 2. The molecule has 0 radical (unpaired) electrons. The monoisotopic (exact) mass is 354 g/mol. The van der Waals surface area contributed by atoms with Crippen molar-refractivity contribution in [2.75, 3.05) is 6.26 Å². The molecule has 4 rings (SSSR count). The molecule has 1 atom stereocenters. The van der Waals surface area contributed by atoms with Gasteiger partial charge in [0, 0.05) is 18.0 Å². The molecule has 0 aliphatic carbocycles. The number of para-hydroxylation sites is 2. The van der Waals surface area contributed by atoms with Gasteiger partial charge in [0.25, 0.3) is 6.29 Å². The Morgan fingerprint density at radius 1 is 1.04 bits per heavy atom. The second-order valence-corrected chi connectivity index (χ2v) is 7.52. The van der Waals surface area contributed by atoms with Gasteiger partial charge in [-0.3, -0.25) is 0 Å². The summed E-state index contributed by atoms with van der Waals surface area (Å²) in [6.45, 7) is 0. The summed E-state index contributed by atoms with van der Waals surface area (Å²) in [5, 5.41) is -0.221. The lowest BCUT2D eigenvalue weighted by atomic mass is 10.0. The molecule has 0 amide bonds. The molecule has 3 aromatic rings. The third-order valence-electron chi connectivity index (χ3n) is 3.74. The van der Waals surface area contributed by atoms with Gasteiger partial charge < -0.3 is 9.47 Å². The summed E-state index contributed by atoms with van der Waals surface area (Å²) in [5.74, 6) is 1.21. The minimum absolute atomic E-state index is 0.221. The van der Waals surface area contributed by atoms with Crippen LogP contribution in [0.25, 0.3) is 11.3 Å². The lowest BCUT2D eigenvalue weighted by molar-refractivity contribution is 0.00105. The van der Waals surface area contributed by atoms with Gasteiger partial charge in [-0.15, -0.1) is 0 Å². The molecule has 1 aliphatic heterocycles. The molecule has 1 unspecified atom stereocenters. The maximum atomic E-state index is 11.8. The third kappa shape index (κ3) is 2.94. The molecule has 6 nitrogen and oxygen atoms in total. The van der Waals surface area contributed by atoms with E-state index in [1.807, 2.05) is 48.5 Å². The summed E-state index contributed by atoms with van der Waals surface area (Å²) in [6, 6.07) is 16.5. The Balaban J connectivity index is 1.84. The molecule has 1 aliphatic rings. The molecule has 2 aromatic carbocycles. The van der Waals surface area contributed by atoms with Gasteiger partial charge in [0.1, 0.15) is 11.5 Å². The van der Waals surface area contributed by atoms with E-state index in [0.29, 0.717) is 28.3 Å². The van der Waals surface area contributed by atoms with Crippen molar-refractivity contribution in [3.8, 4) is 22.8 Å². The summed E-state index contributed by atoms with van der Waals surface area (Å²) < 4.78 is 35.5. The van der Waals surface area contributed by atoms with Gasteiger partial charge in [-0.25, -0.2) is 18.4 Å². The van der Waals surface area contributed by atoms with Gasteiger partial charge in [0.2, 0.25) is 15.0 Å². The van der Waals surface area contributed by atoms with Crippen LogP contribution >= 0.6 is 0 Å². The molecule has 0 bridgehead atoms. The number of sulfone groups is 1. The molecule has 2 heterocycles. The molecule has 0 saturated heterocycles.